The number of rotatable bonds is 5. The van der Waals surface area contributed by atoms with Gasteiger partial charge in [0.05, 0.1) is 0 Å². The van der Waals surface area contributed by atoms with Crippen LogP contribution in [0.1, 0.15) is 12.0 Å². The van der Waals surface area contributed by atoms with Crippen molar-refractivity contribution in [2.75, 3.05) is 19.4 Å². The number of carbonyl (C=O) groups is 2. The van der Waals surface area contributed by atoms with Gasteiger partial charge in [-0.1, -0.05) is 12.1 Å². The minimum atomic E-state index is -0.384. The number of esters is 1. The summed E-state index contributed by atoms with van der Waals surface area (Å²) in [7, 11) is 1.49. The maximum atomic E-state index is 11.3. The second-order valence-electron chi connectivity index (χ2n) is 3.58. The van der Waals surface area contributed by atoms with Gasteiger partial charge in [-0.3, -0.25) is 9.59 Å². The molecule has 0 aliphatic carbocycles. The van der Waals surface area contributed by atoms with Crippen molar-refractivity contribution in [1.29, 1.82) is 0 Å². The predicted octanol–water partition coefficient (Wildman–Crippen LogP) is 0.491. The molecule has 0 spiro atoms. The van der Waals surface area contributed by atoms with E-state index in [2.05, 4.69) is 5.32 Å². The summed E-state index contributed by atoms with van der Waals surface area (Å²) in [5.41, 5.74) is 7.24. The van der Waals surface area contributed by atoms with Crippen molar-refractivity contribution in [2.45, 2.75) is 12.8 Å². The molecule has 0 unspecified atom stereocenters. The Kier molecular flexibility index (Phi) is 5.00. The number of aryl methyl sites for hydroxylation is 1. The van der Waals surface area contributed by atoms with Crippen molar-refractivity contribution in [2.24, 2.45) is 0 Å². The Morgan fingerprint density at radius 1 is 1.29 bits per heavy atom. The van der Waals surface area contributed by atoms with Crippen LogP contribution in [0.5, 0.6) is 0 Å². The number of nitrogens with two attached hydrogens (primary N) is 1. The van der Waals surface area contributed by atoms with E-state index in [9.17, 15) is 9.59 Å². The molecule has 5 heteroatoms. The topological polar surface area (TPSA) is 81.4 Å². The largest absolute Gasteiger partial charge is 0.456 e. The maximum absolute atomic E-state index is 11.3. The fraction of sp³-hybridized carbons (Fsp3) is 0.333. The van der Waals surface area contributed by atoms with Crippen LogP contribution in [0, 0.1) is 0 Å². The van der Waals surface area contributed by atoms with Crippen molar-refractivity contribution in [3.63, 3.8) is 0 Å². The third-order valence-corrected chi connectivity index (χ3v) is 2.24. The molecule has 0 bridgehead atoms. The molecular weight excluding hydrogens is 220 g/mol. The second-order valence-corrected chi connectivity index (χ2v) is 3.58. The normalized spacial score (nSPS) is 9.71. The van der Waals surface area contributed by atoms with E-state index in [-0.39, 0.29) is 24.9 Å². The van der Waals surface area contributed by atoms with Gasteiger partial charge in [-0.2, -0.15) is 0 Å². The molecule has 0 radical (unpaired) electrons. The van der Waals surface area contributed by atoms with Crippen LogP contribution in [0.3, 0.4) is 0 Å². The summed E-state index contributed by atoms with van der Waals surface area (Å²) >= 11 is 0. The van der Waals surface area contributed by atoms with Gasteiger partial charge in [0.15, 0.2) is 6.61 Å². The summed E-state index contributed by atoms with van der Waals surface area (Å²) in [6.07, 6.45) is 0.827. The van der Waals surface area contributed by atoms with Crippen LogP contribution < -0.4 is 11.1 Å². The summed E-state index contributed by atoms with van der Waals surface area (Å²) in [4.78, 5) is 22.1. The fourth-order valence-electron chi connectivity index (χ4n) is 1.22. The van der Waals surface area contributed by atoms with E-state index in [1.165, 1.54) is 7.05 Å². The number of anilines is 1. The molecule has 0 saturated heterocycles. The lowest BCUT2D eigenvalue weighted by atomic mass is 10.1. The Morgan fingerprint density at radius 3 is 2.53 bits per heavy atom. The fourth-order valence-corrected chi connectivity index (χ4v) is 1.22. The molecule has 1 amide bonds. The van der Waals surface area contributed by atoms with Gasteiger partial charge in [0.1, 0.15) is 0 Å². The van der Waals surface area contributed by atoms with Crippen molar-refractivity contribution in [3.05, 3.63) is 29.8 Å². The number of likely N-dealkylation sites (N-methyl/N-ethyl adjacent to an activating group) is 1. The van der Waals surface area contributed by atoms with Crippen LogP contribution in [0.15, 0.2) is 24.3 Å². The lowest BCUT2D eigenvalue weighted by molar-refractivity contribution is -0.148. The van der Waals surface area contributed by atoms with E-state index in [0.717, 1.165) is 5.56 Å². The van der Waals surface area contributed by atoms with Crippen molar-refractivity contribution in [1.82, 2.24) is 5.32 Å². The average molecular weight is 236 g/mol. The highest BCUT2D eigenvalue weighted by atomic mass is 16.5. The van der Waals surface area contributed by atoms with Gasteiger partial charge in [0, 0.05) is 19.2 Å². The highest BCUT2D eigenvalue weighted by Gasteiger charge is 2.06. The number of carbonyl (C=O) groups excluding carboxylic acids is 2. The Labute approximate surface area is 99.9 Å². The van der Waals surface area contributed by atoms with Gasteiger partial charge in [0.2, 0.25) is 0 Å². The number of hydrogen-bond donors (Lipinski definition) is 2. The van der Waals surface area contributed by atoms with Gasteiger partial charge in [-0.25, -0.2) is 0 Å². The molecule has 5 nitrogen and oxygen atoms in total. The molecule has 0 saturated carbocycles. The molecule has 0 aliphatic heterocycles. The van der Waals surface area contributed by atoms with Crippen molar-refractivity contribution < 1.29 is 14.3 Å². The SMILES string of the molecule is CNC(=O)COC(=O)CCc1ccc(N)cc1. The molecule has 0 heterocycles. The molecule has 1 aromatic carbocycles. The van der Waals surface area contributed by atoms with Gasteiger partial charge in [0.25, 0.3) is 5.91 Å². The van der Waals surface area contributed by atoms with Gasteiger partial charge >= 0.3 is 5.97 Å². The highest BCUT2D eigenvalue weighted by Crippen LogP contribution is 2.07. The predicted molar refractivity (Wildman–Crippen MR) is 64.2 cm³/mol. The van der Waals surface area contributed by atoms with Crippen LogP contribution in [-0.2, 0) is 20.7 Å². The van der Waals surface area contributed by atoms with E-state index in [1.54, 1.807) is 12.1 Å². The van der Waals surface area contributed by atoms with Crippen LogP contribution in [0.2, 0.25) is 0 Å². The molecule has 3 N–H and O–H groups in total. The first-order valence-electron chi connectivity index (χ1n) is 5.32. The molecule has 0 atom stereocenters. The molecule has 0 aliphatic rings. The van der Waals surface area contributed by atoms with Crippen LogP contribution >= 0.6 is 0 Å². The van der Waals surface area contributed by atoms with E-state index in [1.807, 2.05) is 12.1 Å². The van der Waals surface area contributed by atoms with Crippen LogP contribution in [-0.4, -0.2) is 25.5 Å². The van der Waals surface area contributed by atoms with E-state index in [0.29, 0.717) is 12.1 Å². The zero-order chi connectivity index (χ0) is 12.7. The van der Waals surface area contributed by atoms with E-state index >= 15 is 0 Å². The molecular formula is C12H16N2O3. The first-order chi connectivity index (χ1) is 8.11. The lowest BCUT2D eigenvalue weighted by Gasteiger charge is -2.04. The van der Waals surface area contributed by atoms with Crippen molar-refractivity contribution in [3.8, 4) is 0 Å². The lowest BCUT2D eigenvalue weighted by Crippen LogP contribution is -2.25. The number of nitrogens with one attached hydrogen (secondary N) is 1. The monoisotopic (exact) mass is 236 g/mol. The third kappa shape index (κ3) is 5.01. The summed E-state index contributed by atoms with van der Waals surface area (Å²) in [6.45, 7) is -0.225. The third-order valence-electron chi connectivity index (χ3n) is 2.24. The van der Waals surface area contributed by atoms with Gasteiger partial charge in [-0.15, -0.1) is 0 Å². The van der Waals surface area contributed by atoms with Crippen molar-refractivity contribution >= 4 is 17.6 Å². The van der Waals surface area contributed by atoms with E-state index in [4.69, 9.17) is 10.5 Å². The molecule has 1 rings (SSSR count). The molecule has 0 aromatic heterocycles. The van der Waals surface area contributed by atoms with Crippen LogP contribution in [0.25, 0.3) is 0 Å². The Balaban J connectivity index is 2.28. The summed E-state index contributed by atoms with van der Waals surface area (Å²) in [5, 5.41) is 2.37. The number of benzene rings is 1. The average Bonchev–Trinajstić information content (AvgIpc) is 2.35. The van der Waals surface area contributed by atoms with Crippen LogP contribution in [0.4, 0.5) is 5.69 Å². The van der Waals surface area contributed by atoms with Gasteiger partial charge in [-0.05, 0) is 24.1 Å². The summed E-state index contributed by atoms with van der Waals surface area (Å²) in [5.74, 6) is -0.698. The highest BCUT2D eigenvalue weighted by molar-refractivity contribution is 5.80. The molecule has 17 heavy (non-hydrogen) atoms. The number of ether oxygens (including phenoxy) is 1. The number of hydrogen-bond acceptors (Lipinski definition) is 4. The standard InChI is InChI=1S/C12H16N2O3/c1-14-11(15)8-17-12(16)7-4-9-2-5-10(13)6-3-9/h2-3,5-6H,4,7-8,13H2,1H3,(H,14,15). The first kappa shape index (κ1) is 13.0. The quantitative estimate of drug-likeness (QED) is 0.576. The summed E-state index contributed by atoms with van der Waals surface area (Å²) < 4.78 is 4.76. The Morgan fingerprint density at radius 2 is 1.94 bits per heavy atom. The molecule has 92 valence electrons. The Hall–Kier alpha value is -2.04. The maximum Gasteiger partial charge on any atom is 0.306 e. The van der Waals surface area contributed by atoms with Gasteiger partial charge < -0.3 is 15.8 Å². The smallest absolute Gasteiger partial charge is 0.306 e. The Bertz CT molecular complexity index is 387. The van der Waals surface area contributed by atoms with E-state index < -0.39 is 0 Å². The minimum Gasteiger partial charge on any atom is -0.456 e. The number of amides is 1. The second kappa shape index (κ2) is 6.52. The first-order valence-corrected chi connectivity index (χ1v) is 5.32. The minimum absolute atomic E-state index is 0.225. The zero-order valence-corrected chi connectivity index (χ0v) is 9.73. The molecule has 0 fully saturated rings. The number of nitrogen functional groups attached to an aromatic ring is 1. The summed E-state index contributed by atoms with van der Waals surface area (Å²) in [6, 6.07) is 7.29. The zero-order valence-electron chi connectivity index (χ0n) is 9.73. The molecule has 1 aromatic rings.